The Kier molecular flexibility index (Phi) is 5.42. The summed E-state index contributed by atoms with van der Waals surface area (Å²) < 4.78 is 11.0. The molecular formula is C20H23NO5. The van der Waals surface area contributed by atoms with Crippen LogP contribution in [0.2, 0.25) is 0 Å². The molecule has 2 N–H and O–H groups in total. The minimum absolute atomic E-state index is 0.131. The largest absolute Gasteiger partial charge is 0.481 e. The monoisotopic (exact) mass is 357 g/mol. The van der Waals surface area contributed by atoms with Crippen LogP contribution in [0.1, 0.15) is 42.3 Å². The Morgan fingerprint density at radius 1 is 1.12 bits per heavy atom. The molecule has 1 aromatic heterocycles. The highest BCUT2D eigenvalue weighted by Gasteiger charge is 2.37. The van der Waals surface area contributed by atoms with Crippen molar-refractivity contribution in [2.75, 3.05) is 13.2 Å². The number of carbonyl (C=O) groups is 2. The Labute approximate surface area is 152 Å². The van der Waals surface area contributed by atoms with Crippen LogP contribution in [0, 0.1) is 0 Å². The molecule has 0 unspecified atom stereocenters. The predicted molar refractivity (Wildman–Crippen MR) is 96.0 cm³/mol. The first-order valence-electron chi connectivity index (χ1n) is 8.82. The molecule has 2 aromatic rings. The molecule has 0 radical (unpaired) electrons. The van der Waals surface area contributed by atoms with Crippen molar-refractivity contribution in [2.45, 2.75) is 38.1 Å². The van der Waals surface area contributed by atoms with Crippen molar-refractivity contribution in [2.24, 2.45) is 0 Å². The minimum atomic E-state index is -0.941. The van der Waals surface area contributed by atoms with Gasteiger partial charge in [-0.1, -0.05) is 31.2 Å². The fourth-order valence-electron chi connectivity index (χ4n) is 3.22. The molecule has 1 aliphatic rings. The van der Waals surface area contributed by atoms with Crippen molar-refractivity contribution < 1.29 is 23.8 Å². The molecule has 0 aliphatic carbocycles. The number of furan rings is 1. The molecule has 6 nitrogen and oxygen atoms in total. The van der Waals surface area contributed by atoms with Gasteiger partial charge in [0.1, 0.15) is 5.76 Å². The van der Waals surface area contributed by atoms with Gasteiger partial charge in [-0.05, 0) is 37.0 Å². The molecule has 0 saturated carbocycles. The first-order valence-corrected chi connectivity index (χ1v) is 8.82. The summed E-state index contributed by atoms with van der Waals surface area (Å²) >= 11 is 0. The zero-order valence-electron chi connectivity index (χ0n) is 14.8. The van der Waals surface area contributed by atoms with E-state index in [-0.39, 0.29) is 12.2 Å². The topological polar surface area (TPSA) is 88.8 Å². The van der Waals surface area contributed by atoms with E-state index < -0.39 is 17.4 Å². The second-order valence-corrected chi connectivity index (χ2v) is 6.63. The summed E-state index contributed by atoms with van der Waals surface area (Å²) in [6, 6.07) is 11.4. The maximum Gasteiger partial charge on any atom is 0.305 e. The van der Waals surface area contributed by atoms with Gasteiger partial charge in [-0.3, -0.25) is 9.59 Å². The maximum atomic E-state index is 12.6. The molecule has 2 heterocycles. The van der Waals surface area contributed by atoms with Gasteiger partial charge in [0, 0.05) is 18.8 Å². The number of hydrogen-bond acceptors (Lipinski definition) is 4. The highest BCUT2D eigenvalue weighted by Crippen LogP contribution is 2.27. The number of nitrogens with one attached hydrogen (secondary N) is 1. The summed E-state index contributed by atoms with van der Waals surface area (Å²) in [4.78, 5) is 23.8. The van der Waals surface area contributed by atoms with Crippen molar-refractivity contribution in [3.05, 3.63) is 47.7 Å². The zero-order chi connectivity index (χ0) is 18.6. The number of aryl methyl sites for hydroxylation is 1. The lowest BCUT2D eigenvalue weighted by Crippen LogP contribution is -2.53. The van der Waals surface area contributed by atoms with Gasteiger partial charge >= 0.3 is 5.97 Å². The summed E-state index contributed by atoms with van der Waals surface area (Å²) in [6.07, 6.45) is 1.77. The normalized spacial score (nSPS) is 16.2. The number of rotatable bonds is 6. The molecule has 1 saturated heterocycles. The summed E-state index contributed by atoms with van der Waals surface area (Å²) in [6.45, 7) is 2.95. The second kappa shape index (κ2) is 7.74. The van der Waals surface area contributed by atoms with Gasteiger partial charge in [0.05, 0.1) is 12.0 Å². The van der Waals surface area contributed by atoms with Crippen molar-refractivity contribution in [1.29, 1.82) is 0 Å². The molecule has 6 heteroatoms. The minimum Gasteiger partial charge on any atom is -0.481 e. The summed E-state index contributed by atoms with van der Waals surface area (Å²) in [7, 11) is 0. The number of hydrogen-bond donors (Lipinski definition) is 2. The van der Waals surface area contributed by atoms with Crippen LogP contribution in [0.25, 0.3) is 11.3 Å². The van der Waals surface area contributed by atoms with E-state index in [0.717, 1.165) is 12.0 Å². The van der Waals surface area contributed by atoms with Crippen LogP contribution in [0.3, 0.4) is 0 Å². The summed E-state index contributed by atoms with van der Waals surface area (Å²) in [5, 5.41) is 12.1. The lowest BCUT2D eigenvalue weighted by Gasteiger charge is -2.36. The van der Waals surface area contributed by atoms with Gasteiger partial charge < -0.3 is 19.6 Å². The van der Waals surface area contributed by atoms with Crippen LogP contribution >= 0.6 is 0 Å². The second-order valence-electron chi connectivity index (χ2n) is 6.63. The number of ether oxygens (including phenoxy) is 1. The smallest absolute Gasteiger partial charge is 0.305 e. The first kappa shape index (κ1) is 18.2. The number of aliphatic carboxylic acids is 1. The van der Waals surface area contributed by atoms with E-state index in [4.69, 9.17) is 9.15 Å². The Morgan fingerprint density at radius 3 is 2.42 bits per heavy atom. The number of amides is 1. The van der Waals surface area contributed by atoms with Crippen molar-refractivity contribution in [3.63, 3.8) is 0 Å². The van der Waals surface area contributed by atoms with Gasteiger partial charge in [-0.2, -0.15) is 0 Å². The highest BCUT2D eigenvalue weighted by molar-refractivity contribution is 5.93. The quantitative estimate of drug-likeness (QED) is 0.828. The molecule has 3 rings (SSSR count). The van der Waals surface area contributed by atoms with Gasteiger partial charge in [-0.15, -0.1) is 0 Å². The third-order valence-electron chi connectivity index (χ3n) is 4.79. The van der Waals surface area contributed by atoms with E-state index in [9.17, 15) is 14.7 Å². The van der Waals surface area contributed by atoms with E-state index >= 15 is 0 Å². The molecule has 1 aliphatic heterocycles. The highest BCUT2D eigenvalue weighted by atomic mass is 16.5. The SMILES string of the molecule is CCc1ccc(-c2ccc(C(=O)NC3(CC(=O)O)CCOCC3)o2)cc1. The number of carboxylic acids is 1. The van der Waals surface area contributed by atoms with E-state index in [2.05, 4.69) is 12.2 Å². The average Bonchev–Trinajstić information content (AvgIpc) is 3.12. The summed E-state index contributed by atoms with van der Waals surface area (Å²) in [5.41, 5.74) is 1.33. The van der Waals surface area contributed by atoms with E-state index in [0.29, 0.717) is 31.8 Å². The van der Waals surface area contributed by atoms with Crippen LogP contribution in [0.15, 0.2) is 40.8 Å². The molecule has 138 valence electrons. The van der Waals surface area contributed by atoms with Crippen LogP contribution < -0.4 is 5.32 Å². The Balaban J connectivity index is 1.75. The molecule has 1 aromatic carbocycles. The fraction of sp³-hybridized carbons (Fsp3) is 0.400. The van der Waals surface area contributed by atoms with E-state index in [1.54, 1.807) is 12.1 Å². The van der Waals surface area contributed by atoms with Crippen molar-refractivity contribution >= 4 is 11.9 Å². The lowest BCUT2D eigenvalue weighted by molar-refractivity contribution is -0.139. The van der Waals surface area contributed by atoms with Crippen molar-refractivity contribution in [1.82, 2.24) is 5.32 Å². The molecular weight excluding hydrogens is 334 g/mol. The van der Waals surface area contributed by atoms with Gasteiger partial charge in [0.15, 0.2) is 5.76 Å². The average molecular weight is 357 g/mol. The van der Waals surface area contributed by atoms with Gasteiger partial charge in [0.2, 0.25) is 0 Å². The first-order chi connectivity index (χ1) is 12.5. The van der Waals surface area contributed by atoms with Gasteiger partial charge in [0.25, 0.3) is 5.91 Å². The zero-order valence-corrected chi connectivity index (χ0v) is 14.8. The number of carbonyl (C=O) groups excluding carboxylic acids is 1. The summed E-state index contributed by atoms with van der Waals surface area (Å²) in [5.74, 6) is -0.555. The Bertz CT molecular complexity index is 772. The molecule has 0 spiro atoms. The fourth-order valence-corrected chi connectivity index (χ4v) is 3.22. The predicted octanol–water partition coefficient (Wildman–Crippen LogP) is 3.26. The third-order valence-corrected chi connectivity index (χ3v) is 4.79. The van der Waals surface area contributed by atoms with E-state index in [1.807, 2.05) is 24.3 Å². The number of benzene rings is 1. The number of carboxylic acid groups (broad SMARTS) is 1. The van der Waals surface area contributed by atoms with Crippen LogP contribution in [-0.2, 0) is 16.0 Å². The van der Waals surface area contributed by atoms with Crippen LogP contribution in [0.4, 0.5) is 0 Å². The lowest BCUT2D eigenvalue weighted by atomic mass is 9.86. The molecule has 0 atom stereocenters. The van der Waals surface area contributed by atoms with Crippen LogP contribution in [0.5, 0.6) is 0 Å². The third kappa shape index (κ3) is 4.14. The standard InChI is InChI=1S/C20H23NO5/c1-2-14-3-5-15(6-4-14)16-7-8-17(26-16)19(24)21-20(13-18(22)23)9-11-25-12-10-20/h3-8H,2,9-13H2,1H3,(H,21,24)(H,22,23). The maximum absolute atomic E-state index is 12.6. The molecule has 1 amide bonds. The van der Waals surface area contributed by atoms with E-state index in [1.165, 1.54) is 5.56 Å². The molecule has 1 fully saturated rings. The Hall–Kier alpha value is -2.60. The Morgan fingerprint density at radius 2 is 1.81 bits per heavy atom. The molecule has 0 bridgehead atoms. The van der Waals surface area contributed by atoms with Gasteiger partial charge in [-0.25, -0.2) is 0 Å². The van der Waals surface area contributed by atoms with Crippen LogP contribution in [-0.4, -0.2) is 35.7 Å². The molecule has 26 heavy (non-hydrogen) atoms. The van der Waals surface area contributed by atoms with Crippen molar-refractivity contribution in [3.8, 4) is 11.3 Å².